The van der Waals surface area contributed by atoms with Crippen molar-refractivity contribution in [1.29, 1.82) is 0 Å². The van der Waals surface area contributed by atoms with E-state index in [1.54, 1.807) is 18.2 Å². The molecule has 0 radical (unpaired) electrons. The number of ketones is 1. The third-order valence-electron chi connectivity index (χ3n) is 4.81. The summed E-state index contributed by atoms with van der Waals surface area (Å²) in [5.74, 6) is -2.47. The Morgan fingerprint density at radius 2 is 1.74 bits per heavy atom. The number of nitrogens with one attached hydrogen (secondary N) is 1. The van der Waals surface area contributed by atoms with Crippen LogP contribution in [-0.4, -0.2) is 22.2 Å². The molecule has 1 fully saturated rings. The Labute approximate surface area is 207 Å². The normalized spacial score (nSPS) is 19.7. The van der Waals surface area contributed by atoms with E-state index in [1.807, 2.05) is 0 Å². The molecule has 0 aromatic heterocycles. The van der Waals surface area contributed by atoms with Crippen LogP contribution in [0, 0.1) is 5.92 Å². The molecule has 2 aromatic carbocycles. The van der Waals surface area contributed by atoms with Gasteiger partial charge in [-0.1, -0.05) is 17.7 Å². The second kappa shape index (κ2) is 9.21. The number of rotatable bonds is 6. The van der Waals surface area contributed by atoms with Crippen molar-refractivity contribution in [3.05, 3.63) is 61.5 Å². The van der Waals surface area contributed by atoms with Gasteiger partial charge in [0.25, 0.3) is 0 Å². The highest BCUT2D eigenvalue weighted by molar-refractivity contribution is 9.13. The van der Waals surface area contributed by atoms with Crippen LogP contribution < -0.4 is 5.32 Å². The zero-order valence-electron chi connectivity index (χ0n) is 15.4. The molecule has 0 heterocycles. The summed E-state index contributed by atoms with van der Waals surface area (Å²) in [4.78, 5) is 24.9. The van der Waals surface area contributed by atoms with E-state index in [2.05, 4.69) is 37.2 Å². The molecule has 31 heavy (non-hydrogen) atoms. The highest BCUT2D eigenvalue weighted by Gasteiger charge is 2.67. The number of amides is 1. The molecule has 3 rings (SSSR count). The number of alkyl halides is 5. The van der Waals surface area contributed by atoms with E-state index >= 15 is 0 Å². The van der Waals surface area contributed by atoms with Crippen LogP contribution in [-0.2, 0) is 4.79 Å². The molecule has 11 heteroatoms. The monoisotopic (exact) mass is 619 g/mol. The maximum Gasteiger partial charge on any atom is 0.389 e. The van der Waals surface area contributed by atoms with Gasteiger partial charge >= 0.3 is 6.18 Å². The summed E-state index contributed by atoms with van der Waals surface area (Å²) >= 11 is 25.4. The molecule has 1 N–H and O–H groups in total. The average molecular weight is 622 g/mol. The number of carbonyl (C=O) groups excluding carboxylic acids is 2. The quantitative estimate of drug-likeness (QED) is 0.263. The first kappa shape index (κ1) is 24.8. The van der Waals surface area contributed by atoms with Gasteiger partial charge in [-0.2, -0.15) is 13.2 Å². The Balaban J connectivity index is 1.74. The fourth-order valence-corrected chi connectivity index (χ4v) is 4.89. The lowest BCUT2D eigenvalue weighted by Crippen LogP contribution is -2.17. The first-order valence-electron chi connectivity index (χ1n) is 8.84. The van der Waals surface area contributed by atoms with Crippen LogP contribution in [0.25, 0.3) is 0 Å². The molecule has 1 aliphatic rings. The standard InChI is InChI=1S/C20H13Br2Cl3F3NO2/c21-12-3-1-9(7-13(12)22)16-17(20(16,24)25)18(31)29-10-2-4-14(23)11(8-10)15(30)5-6-19(26,27)28/h1-4,7-8,16-17H,5-6H2,(H,29,31). The first-order valence-corrected chi connectivity index (χ1v) is 11.6. The van der Waals surface area contributed by atoms with Crippen LogP contribution in [0.4, 0.5) is 18.9 Å². The topological polar surface area (TPSA) is 46.2 Å². The predicted octanol–water partition coefficient (Wildman–Crippen LogP) is 7.92. The van der Waals surface area contributed by atoms with E-state index < -0.39 is 46.9 Å². The Morgan fingerprint density at radius 3 is 2.35 bits per heavy atom. The van der Waals surface area contributed by atoms with Crippen molar-refractivity contribution < 1.29 is 22.8 Å². The minimum Gasteiger partial charge on any atom is -0.326 e. The Morgan fingerprint density at radius 1 is 1.06 bits per heavy atom. The van der Waals surface area contributed by atoms with Crippen molar-refractivity contribution in [1.82, 2.24) is 0 Å². The third-order valence-corrected chi connectivity index (χ3v) is 7.96. The molecule has 1 aliphatic carbocycles. The number of anilines is 1. The van der Waals surface area contributed by atoms with Crippen molar-refractivity contribution in [2.75, 3.05) is 5.32 Å². The summed E-state index contributed by atoms with van der Waals surface area (Å²) in [5, 5.41) is 2.62. The van der Waals surface area contributed by atoms with E-state index in [1.165, 1.54) is 18.2 Å². The van der Waals surface area contributed by atoms with Gasteiger partial charge in [-0.25, -0.2) is 0 Å². The van der Waals surface area contributed by atoms with Gasteiger partial charge < -0.3 is 5.32 Å². The van der Waals surface area contributed by atoms with Crippen molar-refractivity contribution in [3.63, 3.8) is 0 Å². The summed E-state index contributed by atoms with van der Waals surface area (Å²) in [7, 11) is 0. The molecule has 3 nitrogen and oxygen atoms in total. The number of Topliss-reactive ketones (excluding diaryl/α,β-unsaturated/α-hetero) is 1. The number of carbonyl (C=O) groups is 2. The smallest absolute Gasteiger partial charge is 0.326 e. The fraction of sp³-hybridized carbons (Fsp3) is 0.300. The number of benzene rings is 2. The fourth-order valence-electron chi connectivity index (χ4n) is 3.20. The maximum atomic E-state index is 12.8. The number of halogens is 8. The summed E-state index contributed by atoms with van der Waals surface area (Å²) in [6, 6.07) is 9.43. The van der Waals surface area contributed by atoms with Crippen LogP contribution in [0.3, 0.4) is 0 Å². The Hall–Kier alpha value is -0.800. The van der Waals surface area contributed by atoms with Gasteiger partial charge in [-0.15, -0.1) is 23.2 Å². The zero-order chi connectivity index (χ0) is 23.1. The predicted molar refractivity (Wildman–Crippen MR) is 122 cm³/mol. The van der Waals surface area contributed by atoms with Crippen LogP contribution in [0.15, 0.2) is 45.3 Å². The molecule has 0 aliphatic heterocycles. The molecule has 1 amide bonds. The lowest BCUT2D eigenvalue weighted by Gasteiger charge is -2.10. The van der Waals surface area contributed by atoms with Gasteiger partial charge in [0, 0.05) is 32.5 Å². The zero-order valence-corrected chi connectivity index (χ0v) is 20.8. The SMILES string of the molecule is O=C(CCC(F)(F)F)c1cc(NC(=O)C2C(c3ccc(Br)c(Br)c3)C2(Cl)Cl)ccc1Cl. The van der Waals surface area contributed by atoms with Crippen molar-refractivity contribution in [2.45, 2.75) is 29.3 Å². The molecule has 0 bridgehead atoms. The van der Waals surface area contributed by atoms with E-state index in [0.29, 0.717) is 0 Å². The summed E-state index contributed by atoms with van der Waals surface area (Å²) in [6.45, 7) is 0. The third kappa shape index (κ3) is 5.77. The van der Waals surface area contributed by atoms with Gasteiger partial charge in [0.1, 0.15) is 4.33 Å². The second-order valence-corrected chi connectivity index (χ2v) is 10.6. The summed E-state index contributed by atoms with van der Waals surface area (Å²) in [6.07, 6.45) is -6.45. The molecule has 0 saturated heterocycles. The van der Waals surface area contributed by atoms with E-state index in [4.69, 9.17) is 34.8 Å². The Kier molecular flexibility index (Phi) is 7.38. The molecular formula is C20H13Br2Cl3F3NO2. The van der Waals surface area contributed by atoms with Gasteiger partial charge in [0.2, 0.25) is 5.91 Å². The molecular weight excluding hydrogens is 609 g/mol. The first-order chi connectivity index (χ1) is 14.3. The molecule has 2 atom stereocenters. The van der Waals surface area contributed by atoms with Gasteiger partial charge in [-0.3, -0.25) is 9.59 Å². The maximum absolute atomic E-state index is 12.8. The van der Waals surface area contributed by atoms with Crippen LogP contribution >= 0.6 is 66.7 Å². The van der Waals surface area contributed by atoms with E-state index in [-0.39, 0.29) is 16.3 Å². The average Bonchev–Trinajstić information content (AvgIpc) is 3.25. The minimum atomic E-state index is -4.46. The lowest BCUT2D eigenvalue weighted by atomic mass is 10.1. The molecule has 0 spiro atoms. The van der Waals surface area contributed by atoms with Crippen LogP contribution in [0.5, 0.6) is 0 Å². The number of hydrogen-bond donors (Lipinski definition) is 1. The minimum absolute atomic E-state index is 0.00165. The van der Waals surface area contributed by atoms with E-state index in [0.717, 1.165) is 14.5 Å². The van der Waals surface area contributed by atoms with Gasteiger partial charge in [-0.05, 0) is 67.8 Å². The number of hydrogen-bond acceptors (Lipinski definition) is 2. The molecule has 1 saturated carbocycles. The lowest BCUT2D eigenvalue weighted by molar-refractivity contribution is -0.133. The van der Waals surface area contributed by atoms with Crippen molar-refractivity contribution in [3.8, 4) is 0 Å². The highest BCUT2D eigenvalue weighted by atomic mass is 79.9. The van der Waals surface area contributed by atoms with Crippen molar-refractivity contribution in [2.24, 2.45) is 5.92 Å². The van der Waals surface area contributed by atoms with Gasteiger partial charge in [0.05, 0.1) is 17.4 Å². The van der Waals surface area contributed by atoms with E-state index in [9.17, 15) is 22.8 Å². The summed E-state index contributed by atoms with van der Waals surface area (Å²) in [5.41, 5.74) is 0.867. The van der Waals surface area contributed by atoms with Crippen LogP contribution in [0.2, 0.25) is 5.02 Å². The molecule has 2 unspecified atom stereocenters. The van der Waals surface area contributed by atoms with Crippen LogP contribution in [0.1, 0.15) is 34.7 Å². The second-order valence-electron chi connectivity index (χ2n) is 7.03. The molecule has 166 valence electrons. The largest absolute Gasteiger partial charge is 0.389 e. The molecule has 2 aromatic rings. The highest BCUT2D eigenvalue weighted by Crippen LogP contribution is 2.65. The van der Waals surface area contributed by atoms with Crippen molar-refractivity contribution >= 4 is 84.0 Å². The summed E-state index contributed by atoms with van der Waals surface area (Å²) < 4.78 is 37.5. The Bertz CT molecular complexity index is 1050. The van der Waals surface area contributed by atoms with Gasteiger partial charge in [0.15, 0.2) is 5.78 Å².